The molecule has 154 valence electrons. The van der Waals surface area contributed by atoms with Crippen LogP contribution in [0.4, 0.5) is 11.6 Å². The molecule has 3 aromatic rings. The molecule has 1 amide bonds. The number of H-pyrrole nitrogens is 1. The van der Waals surface area contributed by atoms with Crippen molar-refractivity contribution in [1.29, 1.82) is 0 Å². The van der Waals surface area contributed by atoms with E-state index < -0.39 is 0 Å². The lowest BCUT2D eigenvalue weighted by Crippen LogP contribution is -2.24. The number of nitrogens with zero attached hydrogens (tertiary/aromatic N) is 3. The summed E-state index contributed by atoms with van der Waals surface area (Å²) < 4.78 is 1.74. The van der Waals surface area contributed by atoms with Crippen LogP contribution in [0.1, 0.15) is 46.6 Å². The Balaban J connectivity index is 1.76. The van der Waals surface area contributed by atoms with Crippen LogP contribution >= 0.6 is 0 Å². The smallest absolute Gasteiger partial charge is 0.263 e. The summed E-state index contributed by atoms with van der Waals surface area (Å²) in [7, 11) is 0. The fourth-order valence-electron chi connectivity index (χ4n) is 3.02. The summed E-state index contributed by atoms with van der Waals surface area (Å²) in [6.45, 7) is 10.5. The van der Waals surface area contributed by atoms with E-state index in [9.17, 15) is 9.59 Å². The normalized spacial score (nSPS) is 11.8. The van der Waals surface area contributed by atoms with E-state index in [-0.39, 0.29) is 17.0 Å². The summed E-state index contributed by atoms with van der Waals surface area (Å²) in [5.41, 5.74) is 1.72. The first kappa shape index (κ1) is 20.6. The molecule has 2 aromatic heterocycles. The summed E-state index contributed by atoms with van der Waals surface area (Å²) in [5, 5.41) is 10.8. The van der Waals surface area contributed by atoms with Gasteiger partial charge in [0.15, 0.2) is 5.65 Å². The van der Waals surface area contributed by atoms with Gasteiger partial charge in [0.05, 0.1) is 11.7 Å². The molecule has 0 unspecified atom stereocenters. The monoisotopic (exact) mass is 396 g/mol. The third kappa shape index (κ3) is 5.01. The zero-order valence-corrected chi connectivity index (χ0v) is 17.5. The molecule has 0 atom stereocenters. The van der Waals surface area contributed by atoms with E-state index in [2.05, 4.69) is 25.7 Å². The van der Waals surface area contributed by atoms with E-state index in [4.69, 9.17) is 0 Å². The maximum absolute atomic E-state index is 12.4. The summed E-state index contributed by atoms with van der Waals surface area (Å²) >= 11 is 0. The van der Waals surface area contributed by atoms with E-state index in [0.717, 1.165) is 11.3 Å². The second-order valence-corrected chi connectivity index (χ2v) is 8.58. The molecule has 0 aliphatic heterocycles. The molecule has 2 heterocycles. The van der Waals surface area contributed by atoms with Crippen molar-refractivity contribution < 1.29 is 4.79 Å². The lowest BCUT2D eigenvalue weighted by Gasteiger charge is -2.19. The number of fused-ring (bicyclic) bond motifs is 1. The number of nitrogens with one attached hydrogen (secondary N) is 3. The Morgan fingerprint density at radius 2 is 2.03 bits per heavy atom. The van der Waals surface area contributed by atoms with Crippen molar-refractivity contribution in [3.63, 3.8) is 0 Å². The summed E-state index contributed by atoms with van der Waals surface area (Å²) in [6, 6.07) is 7.59. The number of benzene rings is 1. The van der Waals surface area contributed by atoms with Gasteiger partial charge in [0, 0.05) is 18.7 Å². The van der Waals surface area contributed by atoms with E-state index in [1.807, 2.05) is 58.9 Å². The predicted molar refractivity (Wildman–Crippen MR) is 115 cm³/mol. The van der Waals surface area contributed by atoms with Crippen molar-refractivity contribution in [2.45, 2.75) is 53.1 Å². The molecule has 0 spiro atoms. The molecule has 29 heavy (non-hydrogen) atoms. The van der Waals surface area contributed by atoms with Gasteiger partial charge >= 0.3 is 0 Å². The number of anilines is 2. The fraction of sp³-hybridized carbons (Fsp3) is 0.429. The molecule has 0 fully saturated rings. The van der Waals surface area contributed by atoms with Gasteiger partial charge in [-0.2, -0.15) is 10.1 Å². The first-order valence-electron chi connectivity index (χ1n) is 9.74. The second kappa shape index (κ2) is 8.06. The summed E-state index contributed by atoms with van der Waals surface area (Å²) in [4.78, 5) is 31.7. The fourth-order valence-corrected chi connectivity index (χ4v) is 3.02. The first-order chi connectivity index (χ1) is 13.6. The maximum Gasteiger partial charge on any atom is 0.263 e. The third-order valence-corrected chi connectivity index (χ3v) is 4.34. The molecule has 8 heteroatoms. The minimum Gasteiger partial charge on any atom is -0.352 e. The van der Waals surface area contributed by atoms with Crippen molar-refractivity contribution in [2.24, 2.45) is 5.92 Å². The van der Waals surface area contributed by atoms with Gasteiger partial charge in [0.2, 0.25) is 11.9 Å². The average molecular weight is 396 g/mol. The van der Waals surface area contributed by atoms with Gasteiger partial charge in [0.1, 0.15) is 5.39 Å². The summed E-state index contributed by atoms with van der Waals surface area (Å²) in [6.07, 6.45) is 2.02. The van der Waals surface area contributed by atoms with E-state index in [0.29, 0.717) is 35.9 Å². The molecular weight excluding hydrogens is 368 g/mol. The van der Waals surface area contributed by atoms with Crippen LogP contribution in [0.2, 0.25) is 0 Å². The molecule has 0 radical (unpaired) electrons. The number of hydrogen-bond donors (Lipinski definition) is 3. The number of carbonyl (C=O) groups is 1. The Morgan fingerprint density at radius 1 is 1.28 bits per heavy atom. The molecule has 8 nitrogen and oxygen atoms in total. The predicted octanol–water partition coefficient (Wildman–Crippen LogP) is 3.47. The van der Waals surface area contributed by atoms with Crippen LogP contribution < -0.4 is 16.2 Å². The summed E-state index contributed by atoms with van der Waals surface area (Å²) in [5.74, 6) is 0.680. The molecule has 0 bridgehead atoms. The van der Waals surface area contributed by atoms with Gasteiger partial charge in [-0.05, 0) is 44.4 Å². The van der Waals surface area contributed by atoms with Crippen LogP contribution in [0, 0.1) is 5.92 Å². The molecule has 3 N–H and O–H groups in total. The van der Waals surface area contributed by atoms with Crippen molar-refractivity contribution in [3.05, 3.63) is 46.4 Å². The Labute approximate surface area is 169 Å². The van der Waals surface area contributed by atoms with Crippen molar-refractivity contribution >= 4 is 28.6 Å². The molecule has 0 aliphatic rings. The van der Waals surface area contributed by atoms with Crippen LogP contribution in [0.25, 0.3) is 11.0 Å². The zero-order chi connectivity index (χ0) is 21.2. The van der Waals surface area contributed by atoms with Crippen LogP contribution in [0.5, 0.6) is 0 Å². The van der Waals surface area contributed by atoms with E-state index in [1.54, 1.807) is 10.9 Å². The topological polar surface area (TPSA) is 105 Å². The molecule has 0 aliphatic carbocycles. The Kier molecular flexibility index (Phi) is 5.72. The molecule has 0 saturated heterocycles. The highest BCUT2D eigenvalue weighted by Crippen LogP contribution is 2.19. The number of aromatic amines is 1. The SMILES string of the molecule is CC(C)CC(=O)Nc1cccc(CNc2nc3c(cnn3C(C)(C)C)c(=O)[nH]2)c1. The number of rotatable bonds is 6. The second-order valence-electron chi connectivity index (χ2n) is 8.58. The van der Waals surface area contributed by atoms with Gasteiger partial charge in [-0.15, -0.1) is 0 Å². The first-order valence-corrected chi connectivity index (χ1v) is 9.74. The number of carbonyl (C=O) groups excluding carboxylic acids is 1. The Bertz CT molecular complexity index is 1070. The van der Waals surface area contributed by atoms with E-state index in [1.165, 1.54) is 0 Å². The molecular formula is C21H28N6O2. The van der Waals surface area contributed by atoms with Gasteiger partial charge in [-0.1, -0.05) is 26.0 Å². The highest BCUT2D eigenvalue weighted by atomic mass is 16.1. The van der Waals surface area contributed by atoms with E-state index >= 15 is 0 Å². The number of aromatic nitrogens is 4. The highest BCUT2D eigenvalue weighted by Gasteiger charge is 2.19. The lowest BCUT2D eigenvalue weighted by atomic mass is 10.1. The van der Waals surface area contributed by atoms with Crippen molar-refractivity contribution in [2.75, 3.05) is 10.6 Å². The van der Waals surface area contributed by atoms with Gasteiger partial charge in [0.25, 0.3) is 5.56 Å². The number of amides is 1. The van der Waals surface area contributed by atoms with Crippen molar-refractivity contribution in [1.82, 2.24) is 19.7 Å². The third-order valence-electron chi connectivity index (χ3n) is 4.34. The van der Waals surface area contributed by atoms with Gasteiger partial charge in [-0.3, -0.25) is 14.6 Å². The minimum absolute atomic E-state index is 0.00278. The van der Waals surface area contributed by atoms with Crippen molar-refractivity contribution in [3.8, 4) is 0 Å². The minimum atomic E-state index is -0.289. The standard InChI is InChI=1S/C21H28N6O2/c1-13(2)9-17(28)24-15-8-6-7-14(10-15)11-22-20-25-18-16(19(29)26-20)12-23-27(18)21(3,4)5/h6-8,10,12-13H,9,11H2,1-5H3,(H,24,28)(H2,22,25,26,29). The van der Waals surface area contributed by atoms with Gasteiger partial charge in [-0.25, -0.2) is 4.68 Å². The molecule has 3 rings (SSSR count). The van der Waals surface area contributed by atoms with Crippen LogP contribution in [-0.2, 0) is 16.9 Å². The lowest BCUT2D eigenvalue weighted by molar-refractivity contribution is -0.116. The van der Waals surface area contributed by atoms with Crippen LogP contribution in [0.3, 0.4) is 0 Å². The largest absolute Gasteiger partial charge is 0.352 e. The average Bonchev–Trinajstić information content (AvgIpc) is 3.04. The zero-order valence-electron chi connectivity index (χ0n) is 17.5. The molecule has 0 saturated carbocycles. The molecule has 1 aromatic carbocycles. The quantitative estimate of drug-likeness (QED) is 0.592. The Morgan fingerprint density at radius 3 is 2.72 bits per heavy atom. The number of hydrogen-bond acceptors (Lipinski definition) is 5. The van der Waals surface area contributed by atoms with Crippen LogP contribution in [-0.4, -0.2) is 25.7 Å². The maximum atomic E-state index is 12.4. The highest BCUT2D eigenvalue weighted by molar-refractivity contribution is 5.90. The Hall–Kier alpha value is -3.16. The van der Waals surface area contributed by atoms with Gasteiger partial charge < -0.3 is 10.6 Å². The van der Waals surface area contributed by atoms with Crippen LogP contribution in [0.15, 0.2) is 35.3 Å².